The SMILES string of the molecule is Cc1ccc(CN(Cc2nc(C(=O)NCC(C)C)co2)C2CC2)cc1. The first kappa shape index (κ1) is 17.7. The van der Waals surface area contributed by atoms with Crippen LogP contribution in [0.1, 0.15) is 54.2 Å². The van der Waals surface area contributed by atoms with Crippen LogP contribution in [0.4, 0.5) is 0 Å². The number of amides is 1. The average molecular weight is 341 g/mol. The first-order chi connectivity index (χ1) is 12.0. The predicted octanol–water partition coefficient (Wildman–Crippen LogP) is 3.53. The summed E-state index contributed by atoms with van der Waals surface area (Å²) < 4.78 is 5.54. The van der Waals surface area contributed by atoms with Gasteiger partial charge in [-0.25, -0.2) is 4.98 Å². The van der Waals surface area contributed by atoms with Gasteiger partial charge in [0.25, 0.3) is 5.91 Å². The fourth-order valence-corrected chi connectivity index (χ4v) is 2.73. The van der Waals surface area contributed by atoms with Crippen LogP contribution in [0.15, 0.2) is 34.9 Å². The van der Waals surface area contributed by atoms with Gasteiger partial charge < -0.3 is 9.73 Å². The summed E-state index contributed by atoms with van der Waals surface area (Å²) in [6, 6.07) is 9.22. The molecule has 1 aliphatic rings. The quantitative estimate of drug-likeness (QED) is 0.798. The van der Waals surface area contributed by atoms with Crippen LogP contribution in [0.5, 0.6) is 0 Å². The minimum atomic E-state index is -0.166. The lowest BCUT2D eigenvalue weighted by molar-refractivity contribution is 0.0944. The lowest BCUT2D eigenvalue weighted by atomic mass is 10.1. The Hall–Kier alpha value is -2.14. The van der Waals surface area contributed by atoms with Crippen molar-refractivity contribution in [1.82, 2.24) is 15.2 Å². The van der Waals surface area contributed by atoms with Crippen LogP contribution in [0, 0.1) is 12.8 Å². The lowest BCUT2D eigenvalue weighted by Gasteiger charge is -2.20. The smallest absolute Gasteiger partial charge is 0.273 e. The van der Waals surface area contributed by atoms with E-state index in [-0.39, 0.29) is 5.91 Å². The van der Waals surface area contributed by atoms with E-state index in [1.54, 1.807) is 0 Å². The highest BCUT2D eigenvalue weighted by atomic mass is 16.3. The molecule has 0 atom stereocenters. The van der Waals surface area contributed by atoms with Crippen molar-refractivity contribution in [2.75, 3.05) is 6.54 Å². The van der Waals surface area contributed by atoms with Crippen LogP contribution in [-0.4, -0.2) is 28.4 Å². The van der Waals surface area contributed by atoms with Gasteiger partial charge in [0, 0.05) is 19.1 Å². The Labute approximate surface area is 149 Å². The monoisotopic (exact) mass is 341 g/mol. The zero-order valence-electron chi connectivity index (χ0n) is 15.3. The number of rotatable bonds is 8. The van der Waals surface area contributed by atoms with E-state index in [4.69, 9.17) is 4.42 Å². The molecule has 1 aromatic carbocycles. The summed E-state index contributed by atoms with van der Waals surface area (Å²) in [4.78, 5) is 18.8. The summed E-state index contributed by atoms with van der Waals surface area (Å²) in [5, 5.41) is 2.87. The Morgan fingerprint density at radius 1 is 1.28 bits per heavy atom. The van der Waals surface area contributed by atoms with Crippen molar-refractivity contribution in [3.63, 3.8) is 0 Å². The van der Waals surface area contributed by atoms with Crippen LogP contribution in [0.3, 0.4) is 0 Å². The molecular weight excluding hydrogens is 314 g/mol. The molecule has 0 radical (unpaired) electrons. The third kappa shape index (κ3) is 5.16. The number of aryl methyl sites for hydroxylation is 1. The largest absolute Gasteiger partial charge is 0.447 e. The molecule has 0 saturated heterocycles. The van der Waals surface area contributed by atoms with E-state index in [1.165, 1.54) is 30.2 Å². The average Bonchev–Trinajstić information content (AvgIpc) is 3.33. The second-order valence-electron chi connectivity index (χ2n) is 7.35. The molecule has 0 unspecified atom stereocenters. The normalized spacial score (nSPS) is 14.3. The minimum Gasteiger partial charge on any atom is -0.447 e. The van der Waals surface area contributed by atoms with E-state index in [0.717, 1.165) is 6.54 Å². The van der Waals surface area contributed by atoms with Crippen LogP contribution in [0.25, 0.3) is 0 Å². The van der Waals surface area contributed by atoms with Crippen LogP contribution >= 0.6 is 0 Å². The number of aromatic nitrogens is 1. The number of nitrogens with zero attached hydrogens (tertiary/aromatic N) is 2. The Balaban J connectivity index is 1.61. The van der Waals surface area contributed by atoms with Gasteiger partial charge in [0.1, 0.15) is 6.26 Å². The van der Waals surface area contributed by atoms with Crippen molar-refractivity contribution in [3.05, 3.63) is 53.2 Å². The van der Waals surface area contributed by atoms with E-state index >= 15 is 0 Å². The Bertz CT molecular complexity index is 702. The molecule has 1 amide bonds. The maximum absolute atomic E-state index is 12.1. The molecule has 1 fully saturated rings. The summed E-state index contributed by atoms with van der Waals surface area (Å²) in [5.74, 6) is 0.851. The molecule has 134 valence electrons. The molecule has 0 aliphatic heterocycles. The molecular formula is C20H27N3O2. The van der Waals surface area contributed by atoms with Crippen LogP contribution in [0.2, 0.25) is 0 Å². The van der Waals surface area contributed by atoms with Crippen molar-refractivity contribution in [2.24, 2.45) is 5.92 Å². The van der Waals surface area contributed by atoms with Crippen molar-refractivity contribution in [2.45, 2.75) is 52.7 Å². The molecule has 2 aromatic rings. The van der Waals surface area contributed by atoms with Gasteiger partial charge in [0.2, 0.25) is 5.89 Å². The maximum Gasteiger partial charge on any atom is 0.273 e. The standard InChI is InChI=1S/C20H27N3O2/c1-14(2)10-21-20(24)18-13-25-19(22-18)12-23(17-8-9-17)11-16-6-4-15(3)5-7-16/h4-7,13-14,17H,8-12H2,1-3H3,(H,21,24). The van der Waals surface area contributed by atoms with Gasteiger partial charge in [0.15, 0.2) is 5.69 Å². The minimum absolute atomic E-state index is 0.166. The number of benzene rings is 1. The third-order valence-electron chi connectivity index (χ3n) is 4.36. The lowest BCUT2D eigenvalue weighted by Crippen LogP contribution is -2.28. The summed E-state index contributed by atoms with van der Waals surface area (Å²) in [5.41, 5.74) is 2.92. The van der Waals surface area contributed by atoms with Gasteiger partial charge in [-0.2, -0.15) is 0 Å². The molecule has 1 aliphatic carbocycles. The summed E-state index contributed by atoms with van der Waals surface area (Å²) in [6.45, 7) is 8.38. The predicted molar refractivity (Wildman–Crippen MR) is 97.1 cm³/mol. The van der Waals surface area contributed by atoms with E-state index in [9.17, 15) is 4.79 Å². The van der Waals surface area contributed by atoms with E-state index in [0.29, 0.717) is 36.6 Å². The molecule has 1 aromatic heterocycles. The van der Waals surface area contributed by atoms with Crippen LogP contribution in [-0.2, 0) is 13.1 Å². The highest BCUT2D eigenvalue weighted by Gasteiger charge is 2.30. The highest BCUT2D eigenvalue weighted by Crippen LogP contribution is 2.29. The second kappa shape index (κ2) is 7.83. The van der Waals surface area contributed by atoms with E-state index < -0.39 is 0 Å². The van der Waals surface area contributed by atoms with Crippen molar-refractivity contribution < 1.29 is 9.21 Å². The Morgan fingerprint density at radius 2 is 2.00 bits per heavy atom. The zero-order valence-corrected chi connectivity index (χ0v) is 15.3. The number of hydrogen-bond acceptors (Lipinski definition) is 4. The molecule has 1 N–H and O–H groups in total. The number of carbonyl (C=O) groups excluding carboxylic acids is 1. The maximum atomic E-state index is 12.1. The first-order valence-electron chi connectivity index (χ1n) is 9.03. The number of oxazole rings is 1. The molecule has 0 spiro atoms. The zero-order chi connectivity index (χ0) is 17.8. The van der Waals surface area contributed by atoms with Gasteiger partial charge in [0.05, 0.1) is 6.54 Å². The third-order valence-corrected chi connectivity index (χ3v) is 4.36. The topological polar surface area (TPSA) is 58.4 Å². The number of nitrogens with one attached hydrogen (secondary N) is 1. The first-order valence-corrected chi connectivity index (χ1v) is 9.03. The van der Waals surface area contributed by atoms with Gasteiger partial charge in [-0.1, -0.05) is 43.7 Å². The molecule has 5 nitrogen and oxygen atoms in total. The van der Waals surface area contributed by atoms with Gasteiger partial charge in [-0.05, 0) is 31.2 Å². The summed E-state index contributed by atoms with van der Waals surface area (Å²) in [7, 11) is 0. The summed E-state index contributed by atoms with van der Waals surface area (Å²) >= 11 is 0. The number of carbonyl (C=O) groups is 1. The fraction of sp³-hybridized carbons (Fsp3) is 0.500. The van der Waals surface area contributed by atoms with E-state index in [2.05, 4.69) is 60.2 Å². The van der Waals surface area contributed by atoms with Crippen molar-refractivity contribution in [3.8, 4) is 0 Å². The highest BCUT2D eigenvalue weighted by molar-refractivity contribution is 5.91. The fourth-order valence-electron chi connectivity index (χ4n) is 2.73. The van der Waals surface area contributed by atoms with Gasteiger partial charge >= 0.3 is 0 Å². The molecule has 1 saturated carbocycles. The van der Waals surface area contributed by atoms with Crippen molar-refractivity contribution in [1.29, 1.82) is 0 Å². The molecule has 5 heteroatoms. The van der Waals surface area contributed by atoms with Gasteiger partial charge in [-0.3, -0.25) is 9.69 Å². The van der Waals surface area contributed by atoms with Crippen molar-refractivity contribution >= 4 is 5.91 Å². The van der Waals surface area contributed by atoms with Crippen LogP contribution < -0.4 is 5.32 Å². The molecule has 3 rings (SSSR count). The van der Waals surface area contributed by atoms with E-state index in [1.807, 2.05) is 0 Å². The second-order valence-corrected chi connectivity index (χ2v) is 7.35. The molecule has 1 heterocycles. The van der Waals surface area contributed by atoms with Gasteiger partial charge in [-0.15, -0.1) is 0 Å². The Kier molecular flexibility index (Phi) is 5.53. The molecule has 25 heavy (non-hydrogen) atoms. The molecule has 0 bridgehead atoms. The number of hydrogen-bond donors (Lipinski definition) is 1. The Morgan fingerprint density at radius 3 is 2.64 bits per heavy atom. The summed E-state index contributed by atoms with van der Waals surface area (Å²) in [6.07, 6.45) is 3.89.